The van der Waals surface area contributed by atoms with Crippen LogP contribution in [0.1, 0.15) is 66.2 Å². The number of hydrogen-bond acceptors (Lipinski definition) is 3. The average molecular weight is 425 g/mol. The summed E-state index contributed by atoms with van der Waals surface area (Å²) < 4.78 is 5.25. The van der Waals surface area contributed by atoms with Gasteiger partial charge in [0.2, 0.25) is 0 Å². The van der Waals surface area contributed by atoms with E-state index < -0.39 is 0 Å². The van der Waals surface area contributed by atoms with Crippen molar-refractivity contribution in [3.8, 4) is 0 Å². The number of ether oxygens (including phenoxy) is 1. The van der Waals surface area contributed by atoms with Gasteiger partial charge in [-0.3, -0.25) is 4.79 Å². The second kappa shape index (κ2) is 6.07. The number of aliphatic hydroxyl groups excluding tert-OH is 1. The number of carbonyl (C=O) groups is 1. The summed E-state index contributed by atoms with van der Waals surface area (Å²) in [4.78, 5) is 11.3. The molecule has 0 spiro atoms. The zero-order valence-corrected chi connectivity index (χ0v) is 18.1. The lowest BCUT2D eigenvalue weighted by atomic mass is 9.48. The Morgan fingerprint density at radius 3 is 2.81 bits per heavy atom. The third-order valence-electron chi connectivity index (χ3n) is 8.70. The van der Waals surface area contributed by atoms with Crippen LogP contribution in [0.5, 0.6) is 0 Å². The van der Waals surface area contributed by atoms with Crippen molar-refractivity contribution in [1.82, 2.24) is 0 Å². The van der Waals surface area contributed by atoms with Crippen molar-refractivity contribution in [2.24, 2.45) is 34.0 Å². The van der Waals surface area contributed by atoms with Gasteiger partial charge in [-0.2, -0.15) is 0 Å². The number of aliphatic hydroxyl groups is 1. The second-order valence-electron chi connectivity index (χ2n) is 10.3. The minimum absolute atomic E-state index is 0.00841. The molecule has 4 heteroatoms. The molecule has 0 bridgehead atoms. The van der Waals surface area contributed by atoms with E-state index >= 15 is 0 Å². The van der Waals surface area contributed by atoms with Gasteiger partial charge in [0.15, 0.2) is 0 Å². The molecular formula is C22H33BrO3. The van der Waals surface area contributed by atoms with Crippen molar-refractivity contribution < 1.29 is 14.6 Å². The van der Waals surface area contributed by atoms with E-state index in [1.54, 1.807) is 0 Å². The van der Waals surface area contributed by atoms with Crippen molar-refractivity contribution >= 4 is 21.9 Å². The van der Waals surface area contributed by atoms with E-state index in [0.717, 1.165) is 25.2 Å². The molecule has 0 aromatic heterocycles. The summed E-state index contributed by atoms with van der Waals surface area (Å²) in [6, 6.07) is 0. The zero-order valence-electron chi connectivity index (χ0n) is 16.6. The summed E-state index contributed by atoms with van der Waals surface area (Å²) in [7, 11) is 0. The fourth-order valence-electron chi connectivity index (χ4n) is 6.82. The maximum atomic E-state index is 11.2. The van der Waals surface area contributed by atoms with Gasteiger partial charge in [-0.1, -0.05) is 48.4 Å². The number of alkyl halides is 1. The van der Waals surface area contributed by atoms with Gasteiger partial charge in [-0.15, -0.1) is 0 Å². The largest absolute Gasteiger partial charge is 0.465 e. The molecule has 4 aliphatic carbocycles. The highest BCUT2D eigenvalue weighted by Crippen LogP contribution is 2.73. The summed E-state index contributed by atoms with van der Waals surface area (Å²) in [5.74, 6) is 1.56. The molecular weight excluding hydrogens is 392 g/mol. The Morgan fingerprint density at radius 2 is 2.12 bits per heavy atom. The predicted molar refractivity (Wildman–Crippen MR) is 106 cm³/mol. The molecule has 3 nitrogen and oxygen atoms in total. The highest BCUT2D eigenvalue weighted by molar-refractivity contribution is 9.09. The van der Waals surface area contributed by atoms with Crippen molar-refractivity contribution in [3.05, 3.63) is 11.6 Å². The van der Waals surface area contributed by atoms with Crippen LogP contribution >= 0.6 is 15.9 Å². The monoisotopic (exact) mass is 424 g/mol. The minimum atomic E-state index is -0.233. The van der Waals surface area contributed by atoms with Crippen molar-refractivity contribution in [2.75, 3.05) is 6.61 Å². The van der Waals surface area contributed by atoms with Crippen LogP contribution in [0.2, 0.25) is 0 Å². The van der Waals surface area contributed by atoms with Crippen LogP contribution in [0.4, 0.5) is 0 Å². The Labute approximate surface area is 166 Å². The molecule has 4 rings (SSSR count). The van der Waals surface area contributed by atoms with Gasteiger partial charge in [0, 0.05) is 12.8 Å². The molecule has 1 N–H and O–H groups in total. The smallest absolute Gasteiger partial charge is 0.302 e. The van der Waals surface area contributed by atoms with Gasteiger partial charge < -0.3 is 9.84 Å². The number of carbonyl (C=O) groups excluding carboxylic acids is 1. The molecule has 3 saturated carbocycles. The SMILES string of the molecule is CC(=O)OC[C@@H](Br)[C@]1(C)CC=C2[C@H](C1)[C@@H](O)C[C@H]1[C@]3(C)C[C@@H]3CC[C@]21C. The van der Waals surface area contributed by atoms with E-state index in [2.05, 4.69) is 42.8 Å². The molecule has 0 amide bonds. The molecule has 0 heterocycles. The van der Waals surface area contributed by atoms with E-state index in [9.17, 15) is 9.90 Å². The molecule has 0 aromatic rings. The molecule has 146 valence electrons. The number of hydrogen-bond donors (Lipinski definition) is 1. The maximum absolute atomic E-state index is 11.2. The molecule has 0 aliphatic heterocycles. The Kier molecular flexibility index (Phi) is 4.43. The van der Waals surface area contributed by atoms with Crippen molar-refractivity contribution in [1.29, 1.82) is 0 Å². The highest BCUT2D eigenvalue weighted by atomic mass is 79.9. The van der Waals surface area contributed by atoms with Gasteiger partial charge in [-0.05, 0) is 66.6 Å². The van der Waals surface area contributed by atoms with E-state index in [1.165, 1.54) is 31.8 Å². The summed E-state index contributed by atoms with van der Waals surface area (Å²) >= 11 is 3.78. The lowest BCUT2D eigenvalue weighted by Gasteiger charge is -2.57. The molecule has 0 unspecified atom stereocenters. The Hall–Kier alpha value is -0.350. The van der Waals surface area contributed by atoms with Crippen LogP contribution in [0, 0.1) is 34.0 Å². The zero-order chi connectivity index (χ0) is 18.9. The average Bonchev–Trinajstić information content (AvgIpc) is 3.26. The van der Waals surface area contributed by atoms with Gasteiger partial charge in [-0.25, -0.2) is 0 Å². The first-order valence-electron chi connectivity index (χ1n) is 10.3. The lowest BCUT2D eigenvalue weighted by molar-refractivity contribution is -0.141. The van der Waals surface area contributed by atoms with Crippen LogP contribution in [0.3, 0.4) is 0 Å². The maximum Gasteiger partial charge on any atom is 0.302 e. The van der Waals surface area contributed by atoms with E-state index in [-0.39, 0.29) is 33.6 Å². The molecule has 0 radical (unpaired) electrons. The van der Waals surface area contributed by atoms with E-state index in [0.29, 0.717) is 17.9 Å². The lowest BCUT2D eigenvalue weighted by Crippen LogP contribution is -2.52. The molecule has 26 heavy (non-hydrogen) atoms. The molecule has 4 aliphatic rings. The highest BCUT2D eigenvalue weighted by Gasteiger charge is 2.66. The molecule has 3 fully saturated rings. The summed E-state index contributed by atoms with van der Waals surface area (Å²) in [6.07, 6.45) is 9.15. The van der Waals surface area contributed by atoms with Gasteiger partial charge in [0.05, 0.1) is 10.9 Å². The van der Waals surface area contributed by atoms with E-state index in [1.807, 2.05) is 0 Å². The van der Waals surface area contributed by atoms with Crippen molar-refractivity contribution in [2.45, 2.75) is 77.2 Å². The topological polar surface area (TPSA) is 46.5 Å². The molecule has 0 saturated heterocycles. The number of halogens is 1. The Bertz CT molecular complexity index is 645. The van der Waals surface area contributed by atoms with Crippen LogP contribution in [0.25, 0.3) is 0 Å². The molecule has 8 atom stereocenters. The van der Waals surface area contributed by atoms with Crippen LogP contribution < -0.4 is 0 Å². The first kappa shape index (κ1) is 19.0. The predicted octanol–water partition coefficient (Wildman–Crippen LogP) is 4.86. The Balaban J connectivity index is 1.59. The number of esters is 1. The Morgan fingerprint density at radius 1 is 1.38 bits per heavy atom. The van der Waals surface area contributed by atoms with Crippen LogP contribution in [0.15, 0.2) is 11.6 Å². The third-order valence-corrected chi connectivity index (χ3v) is 10.1. The van der Waals surface area contributed by atoms with Gasteiger partial charge >= 0.3 is 5.97 Å². The third kappa shape index (κ3) is 2.73. The number of rotatable bonds is 3. The fraction of sp³-hybridized carbons (Fsp3) is 0.864. The summed E-state index contributed by atoms with van der Waals surface area (Å²) in [6.45, 7) is 9.08. The summed E-state index contributed by atoms with van der Waals surface area (Å²) in [5.41, 5.74) is 2.28. The van der Waals surface area contributed by atoms with Crippen molar-refractivity contribution in [3.63, 3.8) is 0 Å². The quantitative estimate of drug-likeness (QED) is 0.399. The number of fused-ring (bicyclic) bond motifs is 5. The normalized spacial score (nSPS) is 50.6. The molecule has 0 aromatic carbocycles. The van der Waals surface area contributed by atoms with Crippen LogP contribution in [-0.4, -0.2) is 28.6 Å². The first-order valence-corrected chi connectivity index (χ1v) is 11.2. The van der Waals surface area contributed by atoms with Gasteiger partial charge in [0.1, 0.15) is 6.61 Å². The van der Waals surface area contributed by atoms with E-state index in [4.69, 9.17) is 4.74 Å². The summed E-state index contributed by atoms with van der Waals surface area (Å²) in [5, 5.41) is 11.1. The number of allylic oxidation sites excluding steroid dienone is 1. The second-order valence-corrected chi connectivity index (χ2v) is 11.4. The van der Waals surface area contributed by atoms with Crippen LogP contribution in [-0.2, 0) is 9.53 Å². The minimum Gasteiger partial charge on any atom is -0.465 e. The standard InChI is InChI=1S/C22H33BrO3/c1-13(24)26-12-19(23)20(2)7-6-16-15(11-20)17(25)9-18-21(16,3)8-5-14-10-22(14,18)4/h6,14-15,17-19,25H,5,7-12H2,1-4H3/t14-,15-,17-,18+,19+,20+,21+,22+/m0/s1. The fourth-order valence-corrected chi connectivity index (χ4v) is 7.33. The van der Waals surface area contributed by atoms with Gasteiger partial charge in [0.25, 0.3) is 0 Å². The first-order chi connectivity index (χ1) is 12.1.